The number of hydrogen-bond donors (Lipinski definition) is 2. The SMILES string of the molecule is CCNC(=O)CN(C)c1ccc(C(=O)O)s1. The number of carboxylic acid groups (broad SMARTS) is 1. The second kappa shape index (κ2) is 5.50. The number of likely N-dealkylation sites (N-methyl/N-ethyl adjacent to an activating group) is 2. The molecular formula is C10H14N2O3S. The molecular weight excluding hydrogens is 228 g/mol. The number of rotatable bonds is 5. The van der Waals surface area contributed by atoms with Gasteiger partial charge in [0.25, 0.3) is 0 Å². The van der Waals surface area contributed by atoms with Crippen LogP contribution >= 0.6 is 11.3 Å². The van der Waals surface area contributed by atoms with E-state index in [-0.39, 0.29) is 17.3 Å². The third kappa shape index (κ3) is 3.23. The number of thiophene rings is 1. The summed E-state index contributed by atoms with van der Waals surface area (Å²) in [5.74, 6) is -1.02. The Kier molecular flexibility index (Phi) is 4.30. The lowest BCUT2D eigenvalue weighted by molar-refractivity contribution is -0.119. The topological polar surface area (TPSA) is 69.6 Å². The molecule has 0 unspecified atom stereocenters. The van der Waals surface area contributed by atoms with E-state index in [1.165, 1.54) is 6.07 Å². The van der Waals surface area contributed by atoms with Gasteiger partial charge in [-0.25, -0.2) is 4.79 Å². The number of amides is 1. The molecule has 0 fully saturated rings. The lowest BCUT2D eigenvalue weighted by Gasteiger charge is -2.15. The molecule has 1 aromatic rings. The zero-order valence-electron chi connectivity index (χ0n) is 9.19. The maximum atomic E-state index is 11.3. The van der Waals surface area contributed by atoms with E-state index in [1.54, 1.807) is 18.0 Å². The smallest absolute Gasteiger partial charge is 0.345 e. The van der Waals surface area contributed by atoms with Gasteiger partial charge in [-0.3, -0.25) is 4.79 Å². The number of carbonyl (C=O) groups is 2. The third-order valence-corrected chi connectivity index (χ3v) is 3.12. The molecule has 0 spiro atoms. The second-order valence-electron chi connectivity index (χ2n) is 3.25. The molecule has 0 aliphatic rings. The lowest BCUT2D eigenvalue weighted by atomic mass is 10.4. The van der Waals surface area contributed by atoms with Gasteiger partial charge in [-0.1, -0.05) is 0 Å². The van der Waals surface area contributed by atoms with Crippen molar-refractivity contribution in [1.82, 2.24) is 5.32 Å². The highest BCUT2D eigenvalue weighted by molar-refractivity contribution is 7.17. The van der Waals surface area contributed by atoms with E-state index in [4.69, 9.17) is 5.11 Å². The summed E-state index contributed by atoms with van der Waals surface area (Å²) in [5, 5.41) is 12.2. The molecule has 6 heteroatoms. The molecule has 0 aliphatic carbocycles. The van der Waals surface area contributed by atoms with Crippen LogP contribution in [0.15, 0.2) is 12.1 Å². The Morgan fingerprint density at radius 1 is 1.50 bits per heavy atom. The van der Waals surface area contributed by atoms with Crippen molar-refractivity contribution in [2.75, 3.05) is 25.0 Å². The van der Waals surface area contributed by atoms with Gasteiger partial charge in [0.15, 0.2) is 0 Å². The van der Waals surface area contributed by atoms with Crippen molar-refractivity contribution in [3.05, 3.63) is 17.0 Å². The van der Waals surface area contributed by atoms with Crippen molar-refractivity contribution >= 4 is 28.2 Å². The van der Waals surface area contributed by atoms with Crippen LogP contribution in [-0.2, 0) is 4.79 Å². The van der Waals surface area contributed by atoms with E-state index in [0.717, 1.165) is 16.3 Å². The summed E-state index contributed by atoms with van der Waals surface area (Å²) in [6, 6.07) is 3.24. The highest BCUT2D eigenvalue weighted by Gasteiger charge is 2.11. The third-order valence-electron chi connectivity index (χ3n) is 1.93. The Bertz CT molecular complexity index is 389. The molecule has 0 atom stereocenters. The molecule has 0 bridgehead atoms. The first-order valence-electron chi connectivity index (χ1n) is 4.85. The van der Waals surface area contributed by atoms with Crippen LogP contribution in [0.4, 0.5) is 5.00 Å². The number of nitrogens with zero attached hydrogens (tertiary/aromatic N) is 1. The molecule has 0 aliphatic heterocycles. The molecule has 5 nitrogen and oxygen atoms in total. The molecule has 2 N–H and O–H groups in total. The standard InChI is InChI=1S/C10H14N2O3S/c1-3-11-8(13)6-12(2)9-5-4-7(16-9)10(14)15/h4-5H,3,6H2,1-2H3,(H,11,13)(H,14,15). The van der Waals surface area contributed by atoms with Crippen LogP contribution in [0.1, 0.15) is 16.6 Å². The van der Waals surface area contributed by atoms with E-state index in [2.05, 4.69) is 5.32 Å². The number of carbonyl (C=O) groups excluding carboxylic acids is 1. The fraction of sp³-hybridized carbons (Fsp3) is 0.400. The lowest BCUT2D eigenvalue weighted by Crippen LogP contribution is -2.34. The minimum atomic E-state index is -0.942. The number of aromatic carboxylic acids is 1. The largest absolute Gasteiger partial charge is 0.477 e. The molecule has 1 rings (SSSR count). The summed E-state index contributed by atoms with van der Waals surface area (Å²) in [6.07, 6.45) is 0. The van der Waals surface area contributed by atoms with E-state index >= 15 is 0 Å². The van der Waals surface area contributed by atoms with E-state index in [1.807, 2.05) is 6.92 Å². The van der Waals surface area contributed by atoms with Crippen LogP contribution < -0.4 is 10.2 Å². The normalized spacial score (nSPS) is 9.88. The number of carboxylic acids is 1. The molecule has 0 radical (unpaired) electrons. The minimum absolute atomic E-state index is 0.0738. The van der Waals surface area contributed by atoms with Crippen LogP contribution in [0.2, 0.25) is 0 Å². The van der Waals surface area contributed by atoms with Crippen LogP contribution in [0.3, 0.4) is 0 Å². The highest BCUT2D eigenvalue weighted by Crippen LogP contribution is 2.24. The Morgan fingerprint density at radius 2 is 2.19 bits per heavy atom. The van der Waals surface area contributed by atoms with Crippen LogP contribution in [-0.4, -0.2) is 37.1 Å². The Hall–Kier alpha value is -1.56. The number of nitrogens with one attached hydrogen (secondary N) is 1. The summed E-state index contributed by atoms with van der Waals surface area (Å²) in [6.45, 7) is 2.68. The van der Waals surface area contributed by atoms with Gasteiger partial charge < -0.3 is 15.3 Å². The molecule has 0 saturated heterocycles. The fourth-order valence-electron chi connectivity index (χ4n) is 1.19. The van der Waals surface area contributed by atoms with E-state index in [9.17, 15) is 9.59 Å². The Labute approximate surface area is 97.7 Å². The average molecular weight is 242 g/mol. The maximum Gasteiger partial charge on any atom is 0.345 e. The van der Waals surface area contributed by atoms with Gasteiger partial charge in [-0.2, -0.15) is 0 Å². The summed E-state index contributed by atoms with van der Waals surface area (Å²) in [4.78, 5) is 24.0. The van der Waals surface area contributed by atoms with Crippen LogP contribution in [0.5, 0.6) is 0 Å². The van der Waals surface area contributed by atoms with Crippen molar-refractivity contribution in [3.8, 4) is 0 Å². The van der Waals surface area contributed by atoms with Gasteiger partial charge in [0, 0.05) is 13.6 Å². The molecule has 1 amide bonds. The van der Waals surface area contributed by atoms with Gasteiger partial charge in [0.2, 0.25) is 5.91 Å². The van der Waals surface area contributed by atoms with Gasteiger partial charge in [0.05, 0.1) is 11.5 Å². The van der Waals surface area contributed by atoms with Gasteiger partial charge in [-0.15, -0.1) is 11.3 Å². The quantitative estimate of drug-likeness (QED) is 0.808. The van der Waals surface area contributed by atoms with Gasteiger partial charge in [0.1, 0.15) is 4.88 Å². The van der Waals surface area contributed by atoms with Gasteiger partial charge in [-0.05, 0) is 19.1 Å². The zero-order valence-corrected chi connectivity index (χ0v) is 10.0. The zero-order chi connectivity index (χ0) is 12.1. The predicted molar refractivity (Wildman–Crippen MR) is 63.2 cm³/mol. The van der Waals surface area contributed by atoms with Crippen molar-refractivity contribution in [3.63, 3.8) is 0 Å². The van der Waals surface area contributed by atoms with Crippen LogP contribution in [0, 0.1) is 0 Å². The number of hydrogen-bond acceptors (Lipinski definition) is 4. The van der Waals surface area contributed by atoms with Crippen molar-refractivity contribution in [1.29, 1.82) is 0 Å². The second-order valence-corrected chi connectivity index (χ2v) is 4.31. The molecule has 16 heavy (non-hydrogen) atoms. The van der Waals surface area contributed by atoms with E-state index < -0.39 is 5.97 Å². The fourth-order valence-corrected chi connectivity index (χ4v) is 2.00. The summed E-state index contributed by atoms with van der Waals surface area (Å²) in [7, 11) is 1.76. The summed E-state index contributed by atoms with van der Waals surface area (Å²) in [5.41, 5.74) is 0. The maximum absolute atomic E-state index is 11.3. The van der Waals surface area contributed by atoms with Crippen molar-refractivity contribution in [2.45, 2.75) is 6.92 Å². The average Bonchev–Trinajstić information content (AvgIpc) is 2.66. The van der Waals surface area contributed by atoms with Crippen molar-refractivity contribution in [2.24, 2.45) is 0 Å². The first kappa shape index (κ1) is 12.5. The summed E-state index contributed by atoms with van der Waals surface area (Å²) < 4.78 is 0. The Balaban J connectivity index is 2.62. The molecule has 0 aromatic carbocycles. The Morgan fingerprint density at radius 3 is 2.69 bits per heavy atom. The molecule has 1 aromatic heterocycles. The first-order chi connectivity index (χ1) is 7.54. The van der Waals surface area contributed by atoms with Gasteiger partial charge >= 0.3 is 5.97 Å². The van der Waals surface area contributed by atoms with Crippen LogP contribution in [0.25, 0.3) is 0 Å². The summed E-state index contributed by atoms with van der Waals surface area (Å²) >= 11 is 1.16. The first-order valence-corrected chi connectivity index (χ1v) is 5.67. The molecule has 1 heterocycles. The molecule has 0 saturated carbocycles. The number of anilines is 1. The minimum Gasteiger partial charge on any atom is -0.477 e. The van der Waals surface area contributed by atoms with Crippen molar-refractivity contribution < 1.29 is 14.7 Å². The molecule has 88 valence electrons. The predicted octanol–water partition coefficient (Wildman–Crippen LogP) is 1.02. The monoisotopic (exact) mass is 242 g/mol. The van der Waals surface area contributed by atoms with E-state index in [0.29, 0.717) is 6.54 Å². The highest BCUT2D eigenvalue weighted by atomic mass is 32.1.